The van der Waals surface area contributed by atoms with E-state index in [-0.39, 0.29) is 0 Å². The molecule has 0 rings (SSSR count). The van der Waals surface area contributed by atoms with Crippen LogP contribution < -0.4 is 0 Å². The van der Waals surface area contributed by atoms with Crippen LogP contribution in [-0.4, -0.2) is 48.1 Å². The maximum Gasteiger partial charge on any atom is 0.389 e. The van der Waals surface area contributed by atoms with Crippen molar-refractivity contribution in [1.29, 1.82) is 0 Å². The molecule has 0 spiro atoms. The molecule has 0 aromatic rings. The van der Waals surface area contributed by atoms with E-state index in [9.17, 15) is 0 Å². The zero-order valence-corrected chi connectivity index (χ0v) is 13.8. The zero-order valence-electron chi connectivity index (χ0n) is 8.67. The fourth-order valence-corrected chi connectivity index (χ4v) is 7.12. The lowest BCUT2D eigenvalue weighted by Crippen LogP contribution is -2.44. The molecule has 0 radical (unpaired) electrons. The minimum atomic E-state index is -1.39. The number of hydrogen-bond acceptors (Lipinski definition) is 3. The summed E-state index contributed by atoms with van der Waals surface area (Å²) in [5.41, 5.74) is 0. The maximum atomic E-state index is 5.48. The van der Waals surface area contributed by atoms with Gasteiger partial charge in [-0.25, -0.2) is 0 Å². The molecule has 0 unspecified atom stereocenters. The molecule has 0 bridgehead atoms. The molecule has 0 N–H and O–H groups in total. The molecule has 12 heavy (non-hydrogen) atoms. The summed E-state index contributed by atoms with van der Waals surface area (Å²) in [6, 6.07) is 0. The average Bonchev–Trinajstić information content (AvgIpc) is 2.07. The van der Waals surface area contributed by atoms with Crippen molar-refractivity contribution in [3.63, 3.8) is 0 Å². The van der Waals surface area contributed by atoms with Crippen molar-refractivity contribution in [2.45, 2.75) is 26.7 Å². The van der Waals surface area contributed by atoms with E-state index < -0.39 is 9.45 Å². The maximum absolute atomic E-state index is 5.48. The molecule has 0 aliphatic carbocycles. The van der Waals surface area contributed by atoms with Gasteiger partial charge in [0.15, 0.2) is 0 Å². The van der Waals surface area contributed by atoms with Crippen LogP contribution in [0.25, 0.3) is 0 Å². The van der Waals surface area contributed by atoms with Crippen LogP contribution in [0.15, 0.2) is 0 Å². The Bertz CT molecular complexity index is 96.8. The predicted octanol–water partition coefficient (Wildman–Crippen LogP) is -1.58. The largest absolute Gasteiger partial charge is 0.436 e. The van der Waals surface area contributed by atoms with E-state index in [0.717, 1.165) is 34.1 Å². The van der Waals surface area contributed by atoms with Gasteiger partial charge in [0.1, 0.15) is 21.0 Å². The minimum absolute atomic E-state index is 0.811. The molecular weight excluding hydrogens is 202 g/mol. The highest BCUT2D eigenvalue weighted by Crippen LogP contribution is 1.99. The van der Waals surface area contributed by atoms with Gasteiger partial charge in [0.2, 0.25) is 0 Å². The minimum Gasteiger partial charge on any atom is -0.436 e. The predicted molar refractivity (Wildman–Crippen MR) is 61.4 cm³/mol. The van der Waals surface area contributed by atoms with Crippen LogP contribution in [0.2, 0.25) is 0 Å². The van der Waals surface area contributed by atoms with Gasteiger partial charge in [-0.3, -0.25) is 4.57 Å². The van der Waals surface area contributed by atoms with Gasteiger partial charge in [-0.05, 0) is 25.9 Å². The highest BCUT2D eigenvalue weighted by atomic mass is 28.4. The van der Waals surface area contributed by atoms with E-state index in [1.807, 2.05) is 0 Å². The zero-order chi connectivity index (χ0) is 9.40. The van der Waals surface area contributed by atoms with Crippen LogP contribution in [0.3, 0.4) is 0 Å². The summed E-state index contributed by atoms with van der Waals surface area (Å²) in [7, 11) is 0.237. The molecule has 0 atom stereocenters. The summed E-state index contributed by atoms with van der Waals surface area (Å²) >= 11 is 0. The van der Waals surface area contributed by atoms with Crippen molar-refractivity contribution >= 4 is 30.4 Å². The second-order valence-electron chi connectivity index (χ2n) is 2.81. The van der Waals surface area contributed by atoms with Crippen molar-refractivity contribution in [2.24, 2.45) is 0 Å². The Morgan fingerprint density at radius 2 is 1.50 bits per heavy atom. The number of hydrogen-bond donors (Lipinski definition) is 0. The number of nitrogens with zero attached hydrogens (tertiary/aromatic N) is 1. The molecule has 3 nitrogen and oxygen atoms in total. The Morgan fingerprint density at radius 3 is 1.75 bits per heavy atom. The summed E-state index contributed by atoms with van der Waals surface area (Å²) in [6.07, 6.45) is 2.39. The summed E-state index contributed by atoms with van der Waals surface area (Å²) in [5.74, 6) is 0. The Morgan fingerprint density at radius 1 is 1.08 bits per heavy atom. The quantitative estimate of drug-likeness (QED) is 0.486. The van der Waals surface area contributed by atoms with Crippen molar-refractivity contribution in [2.75, 3.05) is 13.1 Å². The molecule has 0 saturated heterocycles. The van der Waals surface area contributed by atoms with Crippen LogP contribution in [0.1, 0.15) is 26.7 Å². The Hall–Kier alpha value is 0.531. The number of rotatable bonds is 7. The third-order valence-corrected chi connectivity index (χ3v) is 6.06. The van der Waals surface area contributed by atoms with Crippen molar-refractivity contribution < 1.29 is 8.23 Å². The van der Waals surface area contributed by atoms with Crippen molar-refractivity contribution in [3.05, 3.63) is 0 Å². The molecule has 6 heteroatoms. The van der Waals surface area contributed by atoms with E-state index in [0.29, 0.717) is 0 Å². The van der Waals surface area contributed by atoms with Crippen LogP contribution in [-0.2, 0) is 8.23 Å². The third kappa shape index (κ3) is 4.53. The van der Waals surface area contributed by atoms with Crippen molar-refractivity contribution in [3.8, 4) is 0 Å². The molecule has 0 fully saturated rings. The van der Waals surface area contributed by atoms with Crippen LogP contribution >= 0.6 is 0 Å². The van der Waals surface area contributed by atoms with Gasteiger partial charge >= 0.3 is 9.45 Å². The van der Waals surface area contributed by atoms with E-state index in [2.05, 4.69) is 18.4 Å². The van der Waals surface area contributed by atoms with Crippen LogP contribution in [0.5, 0.6) is 0 Å². The normalized spacial score (nSPS) is 14.2. The smallest absolute Gasteiger partial charge is 0.389 e. The lowest BCUT2D eigenvalue weighted by atomic mass is 10.4. The summed E-state index contributed by atoms with van der Waals surface area (Å²) in [5, 5.41) is 0. The second kappa shape index (κ2) is 8.14. The van der Waals surface area contributed by atoms with E-state index in [1.165, 1.54) is 12.8 Å². The molecule has 0 saturated carbocycles. The first kappa shape index (κ1) is 12.5. The first-order valence-corrected chi connectivity index (χ1v) is 7.68. The topological polar surface area (TPSA) is 21.7 Å². The van der Waals surface area contributed by atoms with Gasteiger partial charge in [-0.1, -0.05) is 13.8 Å². The summed E-state index contributed by atoms with van der Waals surface area (Å²) in [6.45, 7) is 6.67. The van der Waals surface area contributed by atoms with E-state index >= 15 is 0 Å². The molecular formula is C6H21NO2Si3. The first-order chi connectivity index (χ1) is 5.79. The van der Waals surface area contributed by atoms with Gasteiger partial charge < -0.3 is 8.23 Å². The molecule has 0 heterocycles. The SMILES string of the molecule is CCCN(CCC)[SiH](O[SiH3])O[SiH3]. The van der Waals surface area contributed by atoms with Gasteiger partial charge in [0, 0.05) is 0 Å². The first-order valence-electron chi connectivity index (χ1n) is 4.59. The van der Waals surface area contributed by atoms with Gasteiger partial charge in [0.05, 0.1) is 0 Å². The Balaban J connectivity index is 3.86. The van der Waals surface area contributed by atoms with E-state index in [4.69, 9.17) is 8.23 Å². The van der Waals surface area contributed by atoms with Gasteiger partial charge in [0.25, 0.3) is 0 Å². The van der Waals surface area contributed by atoms with Crippen LogP contribution in [0, 0.1) is 0 Å². The molecule has 74 valence electrons. The Kier molecular flexibility index (Phi) is 8.50. The fourth-order valence-electron chi connectivity index (χ4n) is 1.29. The second-order valence-corrected chi connectivity index (χ2v) is 7.93. The lowest BCUT2D eigenvalue weighted by Gasteiger charge is -2.27. The van der Waals surface area contributed by atoms with E-state index in [1.54, 1.807) is 0 Å². The molecule has 0 amide bonds. The average molecular weight is 223 g/mol. The lowest BCUT2D eigenvalue weighted by molar-refractivity contribution is 0.303. The molecule has 0 aliphatic rings. The highest BCUT2D eigenvalue weighted by molar-refractivity contribution is 6.50. The molecule has 0 aliphatic heterocycles. The summed E-state index contributed by atoms with van der Waals surface area (Å²) < 4.78 is 13.4. The van der Waals surface area contributed by atoms with Gasteiger partial charge in [-0.15, -0.1) is 0 Å². The summed E-state index contributed by atoms with van der Waals surface area (Å²) in [4.78, 5) is 0. The van der Waals surface area contributed by atoms with Crippen LogP contribution in [0.4, 0.5) is 0 Å². The fraction of sp³-hybridized carbons (Fsp3) is 1.00. The Labute approximate surface area is 83.4 Å². The standard InChI is InChI=1S/C6H21NO2Si3/c1-3-5-7(6-4-2)12(8-10)9-11/h12H,3-6H2,1-2,10-11H3. The monoisotopic (exact) mass is 223 g/mol. The molecule has 0 aromatic carbocycles. The highest BCUT2D eigenvalue weighted by Gasteiger charge is 2.17. The van der Waals surface area contributed by atoms with Crippen molar-refractivity contribution in [1.82, 2.24) is 4.57 Å². The third-order valence-electron chi connectivity index (χ3n) is 1.72. The van der Waals surface area contributed by atoms with Gasteiger partial charge in [-0.2, -0.15) is 0 Å². The molecule has 0 aromatic heterocycles.